The lowest BCUT2D eigenvalue weighted by atomic mass is 10.2. The van der Waals surface area contributed by atoms with E-state index >= 15 is 0 Å². The fourth-order valence-electron chi connectivity index (χ4n) is 1.80. The Kier molecular flexibility index (Phi) is 5.54. The highest BCUT2D eigenvalue weighted by Crippen LogP contribution is 2.18. The van der Waals surface area contributed by atoms with Gasteiger partial charge >= 0.3 is 5.97 Å². The zero-order chi connectivity index (χ0) is 16.8. The molecule has 0 atom stereocenters. The molecule has 0 aromatic heterocycles. The first-order valence-electron chi connectivity index (χ1n) is 6.67. The Bertz CT molecular complexity index is 720. The topological polar surface area (TPSA) is 67.4 Å². The summed E-state index contributed by atoms with van der Waals surface area (Å²) in [7, 11) is 1.29. The van der Waals surface area contributed by atoms with Crippen LogP contribution in [0.25, 0.3) is 0 Å². The summed E-state index contributed by atoms with van der Waals surface area (Å²) in [6, 6.07) is 10.5. The molecule has 7 heteroatoms. The molecule has 0 unspecified atom stereocenters. The summed E-state index contributed by atoms with van der Waals surface area (Å²) in [6.45, 7) is -0.0418. The molecule has 0 aliphatic heterocycles. The van der Waals surface area contributed by atoms with Crippen molar-refractivity contribution in [2.24, 2.45) is 0 Å². The van der Waals surface area contributed by atoms with E-state index < -0.39 is 11.8 Å². The molecule has 120 valence electrons. The lowest BCUT2D eigenvalue weighted by Gasteiger charge is -2.08. The molecule has 0 fully saturated rings. The number of hydrogen-bond donors (Lipinski definition) is 2. The van der Waals surface area contributed by atoms with Gasteiger partial charge in [-0.2, -0.15) is 0 Å². The Morgan fingerprint density at radius 1 is 1.13 bits per heavy atom. The van der Waals surface area contributed by atoms with E-state index in [0.717, 1.165) is 0 Å². The van der Waals surface area contributed by atoms with Gasteiger partial charge in [0.15, 0.2) is 0 Å². The van der Waals surface area contributed by atoms with Crippen molar-refractivity contribution in [1.29, 1.82) is 0 Å². The summed E-state index contributed by atoms with van der Waals surface area (Å²) < 4.78 is 17.9. The van der Waals surface area contributed by atoms with Gasteiger partial charge in [0.2, 0.25) is 5.91 Å². The van der Waals surface area contributed by atoms with E-state index in [1.807, 2.05) is 0 Å². The Hall–Kier alpha value is -2.60. The van der Waals surface area contributed by atoms with Gasteiger partial charge in [-0.05, 0) is 42.5 Å². The highest BCUT2D eigenvalue weighted by molar-refractivity contribution is 6.30. The number of carbonyl (C=O) groups is 2. The normalized spacial score (nSPS) is 10.0. The summed E-state index contributed by atoms with van der Waals surface area (Å²) >= 11 is 5.58. The fraction of sp³-hybridized carbons (Fsp3) is 0.125. The van der Waals surface area contributed by atoms with Crippen LogP contribution in [0.4, 0.5) is 15.8 Å². The standard InChI is InChI=1S/C16H14ClFN2O3/c1-23-16(22)10-2-4-11(5-3-10)20-15(21)9-19-12-6-7-13(17)14(18)8-12/h2-8,19H,9H2,1H3,(H,20,21). The Morgan fingerprint density at radius 3 is 2.39 bits per heavy atom. The maximum absolute atomic E-state index is 13.3. The smallest absolute Gasteiger partial charge is 0.337 e. The zero-order valence-corrected chi connectivity index (χ0v) is 13.0. The van der Waals surface area contributed by atoms with Crippen molar-refractivity contribution in [1.82, 2.24) is 0 Å². The molecule has 0 aliphatic rings. The number of carbonyl (C=O) groups excluding carboxylic acids is 2. The summed E-state index contributed by atoms with van der Waals surface area (Å²) in [4.78, 5) is 23.1. The molecule has 2 N–H and O–H groups in total. The van der Waals surface area contributed by atoms with Crippen molar-refractivity contribution in [3.05, 3.63) is 58.9 Å². The van der Waals surface area contributed by atoms with Gasteiger partial charge < -0.3 is 15.4 Å². The van der Waals surface area contributed by atoms with Crippen LogP contribution in [0.3, 0.4) is 0 Å². The maximum atomic E-state index is 13.3. The molecule has 0 spiro atoms. The van der Waals surface area contributed by atoms with Gasteiger partial charge in [0.05, 0.1) is 24.2 Å². The number of anilines is 2. The number of benzene rings is 2. The van der Waals surface area contributed by atoms with Crippen molar-refractivity contribution >= 4 is 34.9 Å². The summed E-state index contributed by atoms with van der Waals surface area (Å²) in [5, 5.41) is 5.45. The number of nitrogens with one attached hydrogen (secondary N) is 2. The van der Waals surface area contributed by atoms with Crippen LogP contribution in [0, 0.1) is 5.82 Å². The largest absolute Gasteiger partial charge is 0.465 e. The number of amides is 1. The molecule has 1 amide bonds. The second kappa shape index (κ2) is 7.60. The van der Waals surface area contributed by atoms with E-state index in [1.165, 1.54) is 19.2 Å². The SMILES string of the molecule is COC(=O)c1ccc(NC(=O)CNc2ccc(Cl)c(F)c2)cc1. The van der Waals surface area contributed by atoms with E-state index in [9.17, 15) is 14.0 Å². The van der Waals surface area contributed by atoms with Crippen molar-refractivity contribution < 1.29 is 18.7 Å². The number of esters is 1. The molecule has 23 heavy (non-hydrogen) atoms. The average Bonchev–Trinajstić information content (AvgIpc) is 2.56. The van der Waals surface area contributed by atoms with Crippen LogP contribution in [-0.4, -0.2) is 25.5 Å². The van der Waals surface area contributed by atoms with Crippen LogP contribution < -0.4 is 10.6 Å². The molecule has 5 nitrogen and oxygen atoms in total. The second-order valence-corrected chi connectivity index (χ2v) is 5.01. The van der Waals surface area contributed by atoms with Crippen LogP contribution in [0.2, 0.25) is 5.02 Å². The molecule has 0 heterocycles. The van der Waals surface area contributed by atoms with Crippen LogP contribution in [0.1, 0.15) is 10.4 Å². The maximum Gasteiger partial charge on any atom is 0.337 e. The minimum Gasteiger partial charge on any atom is -0.465 e. The number of hydrogen-bond acceptors (Lipinski definition) is 4. The van der Waals surface area contributed by atoms with Gasteiger partial charge in [-0.3, -0.25) is 4.79 Å². The van der Waals surface area contributed by atoms with E-state index in [4.69, 9.17) is 11.6 Å². The van der Waals surface area contributed by atoms with E-state index in [2.05, 4.69) is 15.4 Å². The van der Waals surface area contributed by atoms with Crippen LogP contribution in [0.15, 0.2) is 42.5 Å². The fourth-order valence-corrected chi connectivity index (χ4v) is 1.92. The zero-order valence-electron chi connectivity index (χ0n) is 12.2. The van der Waals surface area contributed by atoms with Crippen LogP contribution in [0.5, 0.6) is 0 Å². The molecule has 2 rings (SSSR count). The summed E-state index contributed by atoms with van der Waals surface area (Å²) in [5.74, 6) is -1.32. The Balaban J connectivity index is 1.89. The van der Waals surface area contributed by atoms with Crippen LogP contribution in [-0.2, 0) is 9.53 Å². The molecule has 0 radical (unpaired) electrons. The van der Waals surface area contributed by atoms with E-state index in [1.54, 1.807) is 30.3 Å². The predicted molar refractivity (Wildman–Crippen MR) is 86.3 cm³/mol. The molecule has 0 saturated carbocycles. The molecular formula is C16H14ClFN2O3. The van der Waals surface area contributed by atoms with Crippen molar-refractivity contribution in [3.8, 4) is 0 Å². The quantitative estimate of drug-likeness (QED) is 0.822. The van der Waals surface area contributed by atoms with Crippen molar-refractivity contribution in [2.45, 2.75) is 0 Å². The first-order chi connectivity index (χ1) is 11.0. The molecule has 0 bridgehead atoms. The molecule has 2 aromatic rings. The lowest BCUT2D eigenvalue weighted by molar-refractivity contribution is -0.114. The number of methoxy groups -OCH3 is 1. The van der Waals surface area contributed by atoms with Crippen molar-refractivity contribution in [2.75, 3.05) is 24.3 Å². The van der Waals surface area contributed by atoms with Gasteiger partial charge in [-0.1, -0.05) is 11.6 Å². The molecule has 2 aromatic carbocycles. The van der Waals surface area contributed by atoms with Gasteiger partial charge in [0, 0.05) is 11.4 Å². The van der Waals surface area contributed by atoms with E-state index in [-0.39, 0.29) is 17.5 Å². The van der Waals surface area contributed by atoms with Gasteiger partial charge in [0.1, 0.15) is 5.82 Å². The lowest BCUT2D eigenvalue weighted by Crippen LogP contribution is -2.21. The van der Waals surface area contributed by atoms with Gasteiger partial charge in [0.25, 0.3) is 0 Å². The molecule has 0 saturated heterocycles. The van der Waals surface area contributed by atoms with E-state index in [0.29, 0.717) is 16.9 Å². The third-order valence-electron chi connectivity index (χ3n) is 2.96. The Labute approximate surface area is 137 Å². The Morgan fingerprint density at radius 2 is 1.78 bits per heavy atom. The average molecular weight is 337 g/mol. The molecular weight excluding hydrogens is 323 g/mol. The highest BCUT2D eigenvalue weighted by Gasteiger charge is 2.07. The molecule has 0 aliphatic carbocycles. The highest BCUT2D eigenvalue weighted by atomic mass is 35.5. The number of halogens is 2. The minimum absolute atomic E-state index is 0.0192. The minimum atomic E-state index is -0.560. The van der Waals surface area contributed by atoms with Crippen molar-refractivity contribution in [3.63, 3.8) is 0 Å². The third-order valence-corrected chi connectivity index (χ3v) is 3.27. The third kappa shape index (κ3) is 4.69. The van der Waals surface area contributed by atoms with Gasteiger partial charge in [-0.25, -0.2) is 9.18 Å². The summed E-state index contributed by atoms with van der Waals surface area (Å²) in [5.41, 5.74) is 1.37. The predicted octanol–water partition coefficient (Wildman–Crippen LogP) is 3.32. The first kappa shape index (κ1) is 16.8. The monoisotopic (exact) mass is 336 g/mol. The number of rotatable bonds is 5. The first-order valence-corrected chi connectivity index (χ1v) is 7.04. The second-order valence-electron chi connectivity index (χ2n) is 4.60. The van der Waals surface area contributed by atoms with Crippen LogP contribution >= 0.6 is 11.6 Å². The van der Waals surface area contributed by atoms with Gasteiger partial charge in [-0.15, -0.1) is 0 Å². The number of ether oxygens (including phenoxy) is 1. The summed E-state index contributed by atoms with van der Waals surface area (Å²) in [6.07, 6.45) is 0.